The number of hydrogen-bond donors (Lipinski definition) is 0. The van der Waals surface area contributed by atoms with Gasteiger partial charge in [-0.05, 0) is 26.0 Å². The highest BCUT2D eigenvalue weighted by Crippen LogP contribution is 2.13. The highest BCUT2D eigenvalue weighted by atomic mass is 16.5. The van der Waals surface area contributed by atoms with Crippen LogP contribution < -0.4 is 4.90 Å². The number of pyridine rings is 1. The molecule has 20 heavy (non-hydrogen) atoms. The molecule has 0 saturated heterocycles. The van der Waals surface area contributed by atoms with Crippen molar-refractivity contribution in [1.82, 2.24) is 9.88 Å². The molecule has 6 nitrogen and oxygen atoms in total. The number of aromatic nitrogens is 1. The second-order valence-corrected chi connectivity index (χ2v) is 4.90. The van der Waals surface area contributed by atoms with Crippen LogP contribution in [0.5, 0.6) is 0 Å². The maximum absolute atomic E-state index is 12.5. The fourth-order valence-electron chi connectivity index (χ4n) is 1.65. The SMILES string of the molecule is COC(=O)CN(C(=O)c1ccnc(N(C)C)c1)C(C)C. The number of anilines is 1. The number of esters is 1. The molecule has 0 spiro atoms. The molecule has 0 saturated carbocycles. The van der Waals surface area contributed by atoms with Gasteiger partial charge in [0.2, 0.25) is 0 Å². The lowest BCUT2D eigenvalue weighted by molar-refractivity contribution is -0.141. The molecule has 0 N–H and O–H groups in total. The third kappa shape index (κ3) is 3.94. The van der Waals surface area contributed by atoms with Crippen molar-refractivity contribution in [2.45, 2.75) is 19.9 Å². The molecule has 0 aliphatic heterocycles. The Balaban J connectivity index is 3.00. The molecule has 1 heterocycles. The predicted molar refractivity (Wildman–Crippen MR) is 76.8 cm³/mol. The molecule has 110 valence electrons. The number of carbonyl (C=O) groups is 2. The highest BCUT2D eigenvalue weighted by Gasteiger charge is 2.22. The number of nitrogens with zero attached hydrogens (tertiary/aromatic N) is 3. The van der Waals surface area contributed by atoms with E-state index in [1.165, 1.54) is 12.0 Å². The predicted octanol–water partition coefficient (Wildman–Crippen LogP) is 1.17. The van der Waals surface area contributed by atoms with Crippen LogP contribution in [-0.2, 0) is 9.53 Å². The van der Waals surface area contributed by atoms with Crippen LogP contribution in [0, 0.1) is 0 Å². The first-order valence-corrected chi connectivity index (χ1v) is 6.38. The van der Waals surface area contributed by atoms with Crippen LogP contribution in [0.4, 0.5) is 5.82 Å². The summed E-state index contributed by atoms with van der Waals surface area (Å²) < 4.78 is 4.63. The van der Waals surface area contributed by atoms with Gasteiger partial charge in [-0.3, -0.25) is 9.59 Å². The summed E-state index contributed by atoms with van der Waals surface area (Å²) in [6.45, 7) is 3.65. The minimum absolute atomic E-state index is 0.0629. The normalized spacial score (nSPS) is 10.3. The molecule has 6 heteroatoms. The maximum Gasteiger partial charge on any atom is 0.325 e. The van der Waals surface area contributed by atoms with E-state index in [1.807, 2.05) is 32.8 Å². The zero-order chi connectivity index (χ0) is 15.3. The standard InChI is InChI=1S/C14H21N3O3/c1-10(2)17(9-13(18)20-5)14(19)11-6-7-15-12(8-11)16(3)4/h6-8,10H,9H2,1-5H3. The van der Waals surface area contributed by atoms with E-state index < -0.39 is 5.97 Å². The average molecular weight is 279 g/mol. The summed E-state index contributed by atoms with van der Waals surface area (Å²) in [5, 5.41) is 0. The second-order valence-electron chi connectivity index (χ2n) is 4.90. The molecule has 1 rings (SSSR count). The van der Waals surface area contributed by atoms with Crippen molar-refractivity contribution in [2.24, 2.45) is 0 Å². The molecule has 0 atom stereocenters. The quantitative estimate of drug-likeness (QED) is 0.757. The summed E-state index contributed by atoms with van der Waals surface area (Å²) >= 11 is 0. The third-order valence-electron chi connectivity index (χ3n) is 2.86. The Bertz CT molecular complexity index is 486. The average Bonchev–Trinajstić information content (AvgIpc) is 2.43. The maximum atomic E-state index is 12.5. The van der Waals surface area contributed by atoms with Crippen molar-refractivity contribution in [1.29, 1.82) is 0 Å². The zero-order valence-corrected chi connectivity index (χ0v) is 12.6. The van der Waals surface area contributed by atoms with Gasteiger partial charge in [0.05, 0.1) is 7.11 Å². The number of carbonyl (C=O) groups excluding carboxylic acids is 2. The van der Waals surface area contributed by atoms with E-state index in [0.29, 0.717) is 11.4 Å². The molecule has 1 aromatic rings. The summed E-state index contributed by atoms with van der Waals surface area (Å²) in [5.74, 6) is 0.0439. The van der Waals surface area contributed by atoms with E-state index in [0.717, 1.165) is 0 Å². The van der Waals surface area contributed by atoms with Crippen molar-refractivity contribution in [2.75, 3.05) is 32.6 Å². The fourth-order valence-corrected chi connectivity index (χ4v) is 1.65. The molecule has 0 aliphatic carbocycles. The Hall–Kier alpha value is -2.11. The van der Waals surface area contributed by atoms with Crippen molar-refractivity contribution in [3.63, 3.8) is 0 Å². The van der Waals surface area contributed by atoms with E-state index in [1.54, 1.807) is 18.3 Å². The molecule has 0 bridgehead atoms. The number of ether oxygens (including phenoxy) is 1. The Morgan fingerprint density at radius 1 is 1.35 bits per heavy atom. The number of rotatable bonds is 5. The van der Waals surface area contributed by atoms with Crippen molar-refractivity contribution in [3.8, 4) is 0 Å². The summed E-state index contributed by atoms with van der Waals surface area (Å²) in [5.41, 5.74) is 0.501. The molecule has 0 radical (unpaired) electrons. The minimum atomic E-state index is -0.436. The van der Waals surface area contributed by atoms with E-state index in [-0.39, 0.29) is 18.5 Å². The van der Waals surface area contributed by atoms with Gasteiger partial charge in [-0.25, -0.2) is 4.98 Å². The molecule has 0 unspecified atom stereocenters. The van der Waals surface area contributed by atoms with Crippen LogP contribution in [0.3, 0.4) is 0 Å². The highest BCUT2D eigenvalue weighted by molar-refractivity contribution is 5.96. The summed E-state index contributed by atoms with van der Waals surface area (Å²) in [7, 11) is 5.01. The Labute approximate surface area is 119 Å². The van der Waals surface area contributed by atoms with Gasteiger partial charge in [-0.1, -0.05) is 0 Å². The van der Waals surface area contributed by atoms with Gasteiger partial charge in [0.1, 0.15) is 12.4 Å². The van der Waals surface area contributed by atoms with Gasteiger partial charge in [-0.2, -0.15) is 0 Å². The summed E-state index contributed by atoms with van der Waals surface area (Å²) in [6.07, 6.45) is 1.58. The van der Waals surface area contributed by atoms with E-state index >= 15 is 0 Å². The van der Waals surface area contributed by atoms with Crippen molar-refractivity contribution < 1.29 is 14.3 Å². The lowest BCUT2D eigenvalue weighted by atomic mass is 10.2. The van der Waals surface area contributed by atoms with Crippen LogP contribution in [-0.4, -0.2) is 55.6 Å². The van der Waals surface area contributed by atoms with E-state index in [4.69, 9.17) is 0 Å². The Kier molecular flexibility index (Phi) is 5.49. The Morgan fingerprint density at radius 3 is 2.50 bits per heavy atom. The van der Waals surface area contributed by atoms with E-state index in [9.17, 15) is 9.59 Å². The summed E-state index contributed by atoms with van der Waals surface area (Å²) in [6, 6.07) is 3.24. The third-order valence-corrected chi connectivity index (χ3v) is 2.86. The summed E-state index contributed by atoms with van der Waals surface area (Å²) in [4.78, 5) is 31.3. The van der Waals surface area contributed by atoms with Gasteiger partial charge in [-0.15, -0.1) is 0 Å². The molecule has 0 aliphatic rings. The monoisotopic (exact) mass is 279 g/mol. The van der Waals surface area contributed by atoms with E-state index in [2.05, 4.69) is 9.72 Å². The Morgan fingerprint density at radius 2 is 2.00 bits per heavy atom. The lowest BCUT2D eigenvalue weighted by Crippen LogP contribution is -2.41. The number of hydrogen-bond acceptors (Lipinski definition) is 5. The smallest absolute Gasteiger partial charge is 0.325 e. The van der Waals surface area contributed by atoms with Crippen LogP contribution in [0.2, 0.25) is 0 Å². The lowest BCUT2D eigenvalue weighted by Gasteiger charge is -2.25. The number of methoxy groups -OCH3 is 1. The molecule has 0 fully saturated rings. The topological polar surface area (TPSA) is 62.7 Å². The molecule has 1 aromatic heterocycles. The van der Waals surface area contributed by atoms with Gasteiger partial charge >= 0.3 is 5.97 Å². The second kappa shape index (κ2) is 6.88. The molecular weight excluding hydrogens is 258 g/mol. The van der Waals surface area contributed by atoms with Gasteiger partial charge in [0.15, 0.2) is 0 Å². The first-order chi connectivity index (χ1) is 9.36. The molecule has 1 amide bonds. The fraction of sp³-hybridized carbons (Fsp3) is 0.500. The van der Waals surface area contributed by atoms with Gasteiger partial charge in [0.25, 0.3) is 5.91 Å². The zero-order valence-electron chi connectivity index (χ0n) is 12.6. The van der Waals surface area contributed by atoms with Crippen molar-refractivity contribution in [3.05, 3.63) is 23.9 Å². The largest absolute Gasteiger partial charge is 0.468 e. The van der Waals surface area contributed by atoms with Crippen LogP contribution in [0.1, 0.15) is 24.2 Å². The number of amides is 1. The van der Waals surface area contributed by atoms with Crippen LogP contribution in [0.25, 0.3) is 0 Å². The first kappa shape index (κ1) is 15.9. The van der Waals surface area contributed by atoms with Gasteiger partial charge < -0.3 is 14.5 Å². The van der Waals surface area contributed by atoms with Crippen LogP contribution >= 0.6 is 0 Å². The molecule has 0 aromatic carbocycles. The first-order valence-electron chi connectivity index (χ1n) is 6.38. The van der Waals surface area contributed by atoms with Crippen LogP contribution in [0.15, 0.2) is 18.3 Å². The molecular formula is C14H21N3O3. The van der Waals surface area contributed by atoms with Gasteiger partial charge in [0, 0.05) is 31.9 Å². The minimum Gasteiger partial charge on any atom is -0.468 e. The van der Waals surface area contributed by atoms with Crippen molar-refractivity contribution >= 4 is 17.7 Å².